The van der Waals surface area contributed by atoms with Gasteiger partial charge in [-0.2, -0.15) is 0 Å². The van der Waals surface area contributed by atoms with Gasteiger partial charge in [-0.05, 0) is 84.7 Å². The maximum atomic E-state index is 12.2. The van der Waals surface area contributed by atoms with Crippen LogP contribution in [0.5, 0.6) is 5.75 Å². The zero-order valence-corrected chi connectivity index (χ0v) is 18.2. The number of methoxy groups -OCH3 is 1. The van der Waals surface area contributed by atoms with Crippen LogP contribution in [0.3, 0.4) is 0 Å². The third-order valence-corrected chi connectivity index (χ3v) is 7.79. The molecule has 0 atom stereocenters. The van der Waals surface area contributed by atoms with Crippen LogP contribution in [0.15, 0.2) is 30.5 Å². The molecule has 7 heteroatoms. The summed E-state index contributed by atoms with van der Waals surface area (Å²) in [4.78, 5) is 15.4. The van der Waals surface area contributed by atoms with E-state index in [1.165, 1.54) is 0 Å². The molecule has 4 rings (SSSR count). The molecule has 6 nitrogen and oxygen atoms in total. The number of aryl methyl sites for hydroxylation is 2. The van der Waals surface area contributed by atoms with Crippen LogP contribution in [0.1, 0.15) is 45.8 Å². The van der Waals surface area contributed by atoms with Gasteiger partial charge < -0.3 is 15.5 Å². The van der Waals surface area contributed by atoms with E-state index in [0.717, 1.165) is 39.0 Å². The average molecular weight is 427 g/mol. The third-order valence-electron chi connectivity index (χ3n) is 6.08. The number of aromatic nitrogens is 1. The van der Waals surface area contributed by atoms with Crippen LogP contribution in [0, 0.1) is 13.8 Å². The Morgan fingerprint density at radius 2 is 1.67 bits per heavy atom. The summed E-state index contributed by atoms with van der Waals surface area (Å²) >= 11 is 0. The molecule has 1 fully saturated rings. The van der Waals surface area contributed by atoms with Crippen LogP contribution >= 0.6 is 0 Å². The number of H-pyrrole nitrogens is 1. The molecule has 0 saturated carbocycles. The Morgan fingerprint density at radius 3 is 2.23 bits per heavy atom. The second-order valence-corrected chi connectivity index (χ2v) is 10.4. The van der Waals surface area contributed by atoms with Crippen molar-refractivity contribution in [3.05, 3.63) is 52.7 Å². The number of carbonyl (C=O) groups excluding carboxylic acids is 1. The number of hydrogen-bond acceptors (Lipinski definition) is 4. The van der Waals surface area contributed by atoms with Crippen LogP contribution in [-0.2, 0) is 9.84 Å². The summed E-state index contributed by atoms with van der Waals surface area (Å²) in [6.07, 6.45) is 3.08. The Labute approximate surface area is 176 Å². The predicted molar refractivity (Wildman–Crippen MR) is 119 cm³/mol. The van der Waals surface area contributed by atoms with Gasteiger partial charge in [-0.15, -0.1) is 0 Å². The summed E-state index contributed by atoms with van der Waals surface area (Å²) in [5, 5.41) is 0.928. The Kier molecular flexibility index (Phi) is 5.10. The second-order valence-electron chi connectivity index (χ2n) is 8.12. The zero-order valence-electron chi connectivity index (χ0n) is 17.4. The summed E-state index contributed by atoms with van der Waals surface area (Å²) in [6.45, 7) is 3.99. The van der Waals surface area contributed by atoms with Crippen molar-refractivity contribution >= 4 is 26.6 Å². The maximum Gasteiger partial charge on any atom is 0.250 e. The Balaban J connectivity index is 1.87. The SMILES string of the molecule is COc1c(C)cc(-c2cc(C(N)=O)c3[nH]cc(C4CCS(=O)(=O)CC4)c3c2)cc1C. The van der Waals surface area contributed by atoms with Crippen molar-refractivity contribution < 1.29 is 17.9 Å². The van der Waals surface area contributed by atoms with Crippen molar-refractivity contribution in [3.63, 3.8) is 0 Å². The number of hydrogen-bond donors (Lipinski definition) is 2. The van der Waals surface area contributed by atoms with Gasteiger partial charge in [-0.3, -0.25) is 4.79 Å². The van der Waals surface area contributed by atoms with E-state index in [2.05, 4.69) is 11.1 Å². The number of rotatable bonds is 4. The van der Waals surface area contributed by atoms with Crippen molar-refractivity contribution in [2.75, 3.05) is 18.6 Å². The number of ether oxygens (including phenoxy) is 1. The highest BCUT2D eigenvalue weighted by molar-refractivity contribution is 7.91. The van der Waals surface area contributed by atoms with E-state index >= 15 is 0 Å². The van der Waals surface area contributed by atoms with Crippen molar-refractivity contribution in [3.8, 4) is 16.9 Å². The third kappa shape index (κ3) is 3.58. The molecule has 30 heavy (non-hydrogen) atoms. The van der Waals surface area contributed by atoms with Gasteiger partial charge in [-0.1, -0.05) is 0 Å². The lowest BCUT2D eigenvalue weighted by Crippen LogP contribution is -2.22. The number of nitrogens with one attached hydrogen (secondary N) is 1. The molecule has 0 unspecified atom stereocenters. The van der Waals surface area contributed by atoms with Crippen molar-refractivity contribution in [2.45, 2.75) is 32.6 Å². The van der Waals surface area contributed by atoms with E-state index in [0.29, 0.717) is 23.9 Å². The van der Waals surface area contributed by atoms with E-state index in [9.17, 15) is 13.2 Å². The van der Waals surface area contributed by atoms with Gasteiger partial charge in [0.25, 0.3) is 5.91 Å². The van der Waals surface area contributed by atoms with Crippen molar-refractivity contribution in [1.29, 1.82) is 0 Å². The fraction of sp³-hybridized carbons (Fsp3) is 0.348. The fourth-order valence-corrected chi connectivity index (χ4v) is 6.08. The van der Waals surface area contributed by atoms with Gasteiger partial charge in [0.05, 0.1) is 29.7 Å². The summed E-state index contributed by atoms with van der Waals surface area (Å²) < 4.78 is 29.2. The molecule has 1 amide bonds. The van der Waals surface area contributed by atoms with Crippen LogP contribution in [0.25, 0.3) is 22.0 Å². The number of amides is 1. The number of primary amides is 1. The van der Waals surface area contributed by atoms with E-state index in [1.807, 2.05) is 38.2 Å². The molecular formula is C23H26N2O4S. The van der Waals surface area contributed by atoms with Crippen molar-refractivity contribution in [1.82, 2.24) is 4.98 Å². The minimum Gasteiger partial charge on any atom is -0.496 e. The molecule has 3 aromatic rings. The topological polar surface area (TPSA) is 102 Å². The first-order valence-corrected chi connectivity index (χ1v) is 11.8. The first-order valence-electron chi connectivity index (χ1n) is 10.0. The number of sulfone groups is 1. The first-order chi connectivity index (χ1) is 14.2. The minimum atomic E-state index is -2.95. The van der Waals surface area contributed by atoms with Crippen LogP contribution in [0.2, 0.25) is 0 Å². The highest BCUT2D eigenvalue weighted by Crippen LogP contribution is 2.38. The standard InChI is InChI=1S/C23H26N2O4S/c1-13-8-16(9-14(2)22(13)29-3)17-10-18-20(15-4-6-30(27,28)7-5-15)12-25-21(18)19(11-17)23(24)26/h8-12,15,25H,4-7H2,1-3H3,(H2,24,26). The van der Waals surface area contributed by atoms with Gasteiger partial charge in [0, 0.05) is 11.6 Å². The smallest absolute Gasteiger partial charge is 0.250 e. The Bertz CT molecular complexity index is 1220. The van der Waals surface area contributed by atoms with Gasteiger partial charge in [0.2, 0.25) is 0 Å². The van der Waals surface area contributed by atoms with Gasteiger partial charge in [0.1, 0.15) is 15.6 Å². The molecule has 0 aliphatic carbocycles. The number of aromatic amines is 1. The molecular weight excluding hydrogens is 400 g/mol. The largest absolute Gasteiger partial charge is 0.496 e. The molecule has 1 aliphatic heterocycles. The molecule has 0 radical (unpaired) electrons. The highest BCUT2D eigenvalue weighted by atomic mass is 32.2. The number of carbonyl (C=O) groups is 1. The summed E-state index contributed by atoms with van der Waals surface area (Å²) in [7, 11) is -1.29. The Morgan fingerprint density at radius 1 is 1.07 bits per heavy atom. The number of fused-ring (bicyclic) bond motifs is 1. The lowest BCUT2D eigenvalue weighted by Gasteiger charge is -2.21. The predicted octanol–water partition coefficient (Wildman–Crippen LogP) is 3.85. The quantitative estimate of drug-likeness (QED) is 0.661. The van der Waals surface area contributed by atoms with E-state index < -0.39 is 15.7 Å². The fourth-order valence-electron chi connectivity index (χ4n) is 4.59. The number of nitrogens with two attached hydrogens (primary N) is 1. The van der Waals surface area contributed by atoms with E-state index in [1.54, 1.807) is 7.11 Å². The highest BCUT2D eigenvalue weighted by Gasteiger charge is 2.27. The molecule has 0 bridgehead atoms. The van der Waals surface area contributed by atoms with Crippen LogP contribution in [-0.4, -0.2) is 37.9 Å². The molecule has 2 aromatic carbocycles. The monoisotopic (exact) mass is 426 g/mol. The van der Waals surface area contributed by atoms with Crippen LogP contribution < -0.4 is 10.5 Å². The normalized spacial score (nSPS) is 16.6. The lowest BCUT2D eigenvalue weighted by molar-refractivity contribution is 0.100. The summed E-state index contributed by atoms with van der Waals surface area (Å²) in [5.74, 6) is 0.884. The molecule has 1 aromatic heterocycles. The Hall–Kier alpha value is -2.80. The average Bonchev–Trinajstić information content (AvgIpc) is 3.10. The lowest BCUT2D eigenvalue weighted by atomic mass is 9.90. The van der Waals surface area contributed by atoms with Crippen molar-refractivity contribution in [2.24, 2.45) is 5.73 Å². The zero-order chi connectivity index (χ0) is 21.6. The number of benzene rings is 2. The van der Waals surface area contributed by atoms with E-state index in [-0.39, 0.29) is 17.4 Å². The summed E-state index contributed by atoms with van der Waals surface area (Å²) in [5.41, 5.74) is 11.8. The first kappa shape index (κ1) is 20.5. The van der Waals surface area contributed by atoms with Gasteiger partial charge in [-0.25, -0.2) is 8.42 Å². The minimum absolute atomic E-state index is 0.137. The molecule has 1 saturated heterocycles. The van der Waals surface area contributed by atoms with Crippen LogP contribution in [0.4, 0.5) is 0 Å². The molecule has 3 N–H and O–H groups in total. The second kappa shape index (κ2) is 7.47. The molecule has 1 aliphatic rings. The summed E-state index contributed by atoms with van der Waals surface area (Å²) in [6, 6.07) is 7.96. The van der Waals surface area contributed by atoms with Gasteiger partial charge in [0.15, 0.2) is 0 Å². The van der Waals surface area contributed by atoms with E-state index in [4.69, 9.17) is 10.5 Å². The molecule has 158 valence electrons. The van der Waals surface area contributed by atoms with Gasteiger partial charge >= 0.3 is 0 Å². The molecule has 2 heterocycles. The molecule has 0 spiro atoms. The maximum absolute atomic E-state index is 12.2.